The van der Waals surface area contributed by atoms with E-state index >= 15 is 0 Å². The number of thioether (sulfide) groups is 1. The van der Waals surface area contributed by atoms with Gasteiger partial charge in [0.25, 0.3) is 0 Å². The van der Waals surface area contributed by atoms with Crippen LogP contribution in [0.3, 0.4) is 0 Å². The monoisotopic (exact) mass is 551 g/mol. The lowest BCUT2D eigenvalue weighted by Gasteiger charge is -2.41. The number of carbonyl (C=O) groups is 3. The van der Waals surface area contributed by atoms with Crippen molar-refractivity contribution in [2.24, 2.45) is 17.8 Å². The van der Waals surface area contributed by atoms with Crippen molar-refractivity contribution in [1.82, 2.24) is 14.7 Å². The Balaban J connectivity index is 1.60. The van der Waals surface area contributed by atoms with E-state index in [4.69, 9.17) is 0 Å². The molecule has 0 radical (unpaired) electrons. The van der Waals surface area contributed by atoms with E-state index in [0.29, 0.717) is 26.2 Å². The van der Waals surface area contributed by atoms with E-state index in [1.54, 1.807) is 16.7 Å². The highest BCUT2D eigenvalue weighted by Gasteiger charge is 2.74. The number of likely N-dealkylation sites (tertiary alicyclic amines) is 1. The van der Waals surface area contributed by atoms with E-state index in [0.717, 1.165) is 18.4 Å². The Morgan fingerprint density at radius 2 is 1.67 bits per heavy atom. The van der Waals surface area contributed by atoms with Crippen LogP contribution in [0.15, 0.2) is 54.6 Å². The van der Waals surface area contributed by atoms with Crippen LogP contribution in [-0.2, 0) is 20.9 Å². The molecule has 4 heterocycles. The van der Waals surface area contributed by atoms with Crippen LogP contribution >= 0.6 is 11.8 Å². The molecule has 0 bridgehead atoms. The molecule has 3 amide bonds. The second kappa shape index (κ2) is 10.8. The summed E-state index contributed by atoms with van der Waals surface area (Å²) >= 11 is 1.60. The molecule has 6 atom stereocenters. The Kier molecular flexibility index (Phi) is 7.72. The van der Waals surface area contributed by atoms with E-state index in [2.05, 4.69) is 26.0 Å². The molecule has 1 aromatic carbocycles. The highest BCUT2D eigenvalue weighted by molar-refractivity contribution is 8.02. The van der Waals surface area contributed by atoms with Crippen LogP contribution in [0.25, 0.3) is 0 Å². The molecule has 0 aliphatic carbocycles. The quantitative estimate of drug-likeness (QED) is 0.501. The second-order valence-electron chi connectivity index (χ2n) is 11.9. The van der Waals surface area contributed by atoms with Crippen molar-refractivity contribution in [3.8, 4) is 0 Å². The lowest BCUT2D eigenvalue weighted by atomic mass is 9.74. The molecule has 0 aromatic heterocycles. The SMILES string of the molecule is CCCCN1CC=C[C@]23S[C@]4(C)C=CCN(Cc5ccccc5)C(=O)[C@@H]4[C@H]2C(=O)N([C@@H](CO)C(C)C)C3C1=O. The number of hydrogen-bond donors (Lipinski definition) is 1. The molecule has 4 aliphatic heterocycles. The van der Waals surface area contributed by atoms with Gasteiger partial charge in [-0.2, -0.15) is 0 Å². The van der Waals surface area contributed by atoms with E-state index in [1.165, 1.54) is 0 Å². The molecule has 1 N–H and O–H groups in total. The van der Waals surface area contributed by atoms with Crippen LogP contribution in [0.1, 0.15) is 46.1 Å². The molecule has 2 fully saturated rings. The lowest BCUT2D eigenvalue weighted by molar-refractivity contribution is -0.148. The van der Waals surface area contributed by atoms with Gasteiger partial charge in [-0.15, -0.1) is 11.8 Å². The van der Waals surface area contributed by atoms with Crippen molar-refractivity contribution in [1.29, 1.82) is 0 Å². The topological polar surface area (TPSA) is 81.2 Å². The van der Waals surface area contributed by atoms with E-state index in [-0.39, 0.29) is 30.2 Å². The van der Waals surface area contributed by atoms with Gasteiger partial charge in [0.15, 0.2) is 0 Å². The number of fused-ring (bicyclic) bond motifs is 2. The van der Waals surface area contributed by atoms with Crippen LogP contribution in [0.5, 0.6) is 0 Å². The second-order valence-corrected chi connectivity index (χ2v) is 13.7. The summed E-state index contributed by atoms with van der Waals surface area (Å²) in [6, 6.07) is 8.65. The molecule has 1 spiro atoms. The van der Waals surface area contributed by atoms with Gasteiger partial charge in [-0.25, -0.2) is 0 Å². The van der Waals surface area contributed by atoms with Gasteiger partial charge in [-0.1, -0.05) is 81.8 Å². The van der Waals surface area contributed by atoms with Gasteiger partial charge < -0.3 is 19.8 Å². The van der Waals surface area contributed by atoms with Gasteiger partial charge in [0.2, 0.25) is 17.7 Å². The number of amides is 3. The molecule has 1 aromatic rings. The Bertz CT molecular complexity index is 1170. The summed E-state index contributed by atoms with van der Waals surface area (Å²) in [6.07, 6.45) is 10.1. The lowest BCUT2D eigenvalue weighted by Crippen LogP contribution is -2.58. The van der Waals surface area contributed by atoms with Gasteiger partial charge >= 0.3 is 0 Å². The predicted octanol–water partition coefficient (Wildman–Crippen LogP) is 3.49. The first-order valence-electron chi connectivity index (χ1n) is 14.3. The molecule has 0 saturated carbocycles. The third kappa shape index (κ3) is 4.53. The zero-order chi connectivity index (χ0) is 27.9. The van der Waals surface area contributed by atoms with Crippen molar-refractivity contribution in [3.05, 3.63) is 60.2 Å². The van der Waals surface area contributed by atoms with Crippen molar-refractivity contribution in [2.45, 2.75) is 68.7 Å². The standard InChI is InChI=1S/C31H41N3O4S/c1-5-6-16-32-17-11-15-31-25(28(37)34(26(31)29(32)38)23(20-35)21(2)3)24-27(36)33(18-10-14-30(24,4)39-31)19-22-12-8-7-9-13-22/h7-15,21,23-26,35H,5-6,16-20H2,1-4H3/t23-,24-,25-,26?,30+,31-/m0/s1. The van der Waals surface area contributed by atoms with Gasteiger partial charge in [-0.3, -0.25) is 14.4 Å². The first-order valence-corrected chi connectivity index (χ1v) is 15.1. The number of unbranched alkanes of at least 4 members (excludes halogenated alkanes) is 1. The van der Waals surface area contributed by atoms with Crippen molar-refractivity contribution in [2.75, 3.05) is 26.2 Å². The third-order valence-electron chi connectivity index (χ3n) is 8.97. The molecule has 210 valence electrons. The molecule has 1 unspecified atom stereocenters. The Hall–Kier alpha value is -2.58. The highest BCUT2D eigenvalue weighted by atomic mass is 32.2. The maximum Gasteiger partial charge on any atom is 0.247 e. The molecular weight excluding hydrogens is 510 g/mol. The minimum Gasteiger partial charge on any atom is -0.394 e. The maximum atomic E-state index is 14.6. The zero-order valence-corrected chi connectivity index (χ0v) is 24.3. The normalized spacial score (nSPS) is 32.8. The molecular formula is C31H41N3O4S. The van der Waals surface area contributed by atoms with Gasteiger partial charge in [0.05, 0.1) is 29.2 Å². The zero-order valence-electron chi connectivity index (χ0n) is 23.5. The summed E-state index contributed by atoms with van der Waals surface area (Å²) < 4.78 is -1.52. The number of rotatable bonds is 8. The summed E-state index contributed by atoms with van der Waals surface area (Å²) in [7, 11) is 0. The molecule has 5 rings (SSSR count). The van der Waals surface area contributed by atoms with Crippen LogP contribution in [0, 0.1) is 17.8 Å². The maximum absolute atomic E-state index is 14.6. The number of carbonyl (C=O) groups excluding carboxylic acids is 3. The summed E-state index contributed by atoms with van der Waals surface area (Å²) in [5.41, 5.74) is 1.04. The van der Waals surface area contributed by atoms with Crippen LogP contribution in [-0.4, -0.2) is 85.3 Å². The number of aliphatic hydroxyl groups is 1. The third-order valence-corrected chi connectivity index (χ3v) is 10.8. The first-order chi connectivity index (χ1) is 18.7. The Morgan fingerprint density at radius 1 is 0.974 bits per heavy atom. The van der Waals surface area contributed by atoms with Crippen LogP contribution in [0.2, 0.25) is 0 Å². The first kappa shape index (κ1) is 28.0. The fourth-order valence-electron chi connectivity index (χ4n) is 7.03. The summed E-state index contributed by atoms with van der Waals surface area (Å²) in [5.74, 6) is -1.66. The van der Waals surface area contributed by atoms with Crippen LogP contribution in [0.4, 0.5) is 0 Å². The van der Waals surface area contributed by atoms with Crippen molar-refractivity contribution in [3.63, 3.8) is 0 Å². The van der Waals surface area contributed by atoms with Crippen LogP contribution < -0.4 is 0 Å². The van der Waals surface area contributed by atoms with E-state index in [1.807, 2.05) is 66.1 Å². The molecule has 2 saturated heterocycles. The summed E-state index contributed by atoms with van der Waals surface area (Å²) in [4.78, 5) is 48.6. The Morgan fingerprint density at radius 3 is 2.33 bits per heavy atom. The van der Waals surface area contributed by atoms with E-state index in [9.17, 15) is 19.5 Å². The van der Waals surface area contributed by atoms with Crippen molar-refractivity contribution < 1.29 is 19.5 Å². The largest absolute Gasteiger partial charge is 0.394 e. The predicted molar refractivity (Wildman–Crippen MR) is 154 cm³/mol. The average Bonchev–Trinajstić information content (AvgIpc) is 3.18. The fourth-order valence-corrected chi connectivity index (χ4v) is 9.18. The smallest absolute Gasteiger partial charge is 0.247 e. The Labute approximate surface area is 236 Å². The van der Waals surface area contributed by atoms with Gasteiger partial charge in [0, 0.05) is 30.9 Å². The van der Waals surface area contributed by atoms with Gasteiger partial charge in [0.1, 0.15) is 6.04 Å². The number of hydrogen-bond acceptors (Lipinski definition) is 5. The summed E-state index contributed by atoms with van der Waals surface area (Å²) in [5, 5.41) is 10.4. The minimum absolute atomic E-state index is 0.0466. The number of benzene rings is 1. The molecule has 4 aliphatic rings. The number of nitrogens with zero attached hydrogens (tertiary/aromatic N) is 3. The minimum atomic E-state index is -0.882. The molecule has 39 heavy (non-hydrogen) atoms. The molecule has 7 nitrogen and oxygen atoms in total. The van der Waals surface area contributed by atoms with Gasteiger partial charge in [-0.05, 0) is 24.8 Å². The molecule has 8 heteroatoms. The van der Waals surface area contributed by atoms with Crippen molar-refractivity contribution >= 4 is 29.5 Å². The summed E-state index contributed by atoms with van der Waals surface area (Å²) in [6.45, 7) is 9.92. The average molecular weight is 552 g/mol. The number of aliphatic hydroxyl groups excluding tert-OH is 1. The van der Waals surface area contributed by atoms with E-state index < -0.39 is 33.4 Å². The highest BCUT2D eigenvalue weighted by Crippen LogP contribution is 2.66. The fraction of sp³-hybridized carbons (Fsp3) is 0.581.